The van der Waals surface area contributed by atoms with Crippen LogP contribution in [0.3, 0.4) is 0 Å². The summed E-state index contributed by atoms with van der Waals surface area (Å²) >= 11 is 0. The molecule has 3 aromatic carbocycles. The van der Waals surface area contributed by atoms with Gasteiger partial charge in [-0.1, -0.05) is 66.7 Å². The zero-order valence-electron chi connectivity index (χ0n) is 13.6. The molecule has 0 aromatic heterocycles. The summed E-state index contributed by atoms with van der Waals surface area (Å²) < 4.78 is 0. The monoisotopic (exact) mass is 312 g/mol. The summed E-state index contributed by atoms with van der Waals surface area (Å²) in [4.78, 5) is 12.2. The van der Waals surface area contributed by atoms with Gasteiger partial charge >= 0.3 is 0 Å². The molecule has 118 valence electrons. The fourth-order valence-electron chi connectivity index (χ4n) is 3.66. The Morgan fingerprint density at radius 3 is 2.38 bits per heavy atom. The number of benzene rings is 3. The first kappa shape index (κ1) is 14.9. The molecule has 0 N–H and O–H groups in total. The van der Waals surface area contributed by atoms with Crippen LogP contribution in [0.15, 0.2) is 78.9 Å². The maximum Gasteiger partial charge on any atom is 0.156 e. The van der Waals surface area contributed by atoms with Gasteiger partial charge in [-0.2, -0.15) is 0 Å². The van der Waals surface area contributed by atoms with Crippen molar-refractivity contribution in [2.75, 3.05) is 0 Å². The first-order valence-corrected chi connectivity index (χ1v) is 8.54. The van der Waals surface area contributed by atoms with E-state index in [1.165, 1.54) is 27.5 Å². The van der Waals surface area contributed by atoms with Crippen molar-refractivity contribution < 1.29 is 4.79 Å². The lowest BCUT2D eigenvalue weighted by atomic mass is 9.81. The smallest absolute Gasteiger partial charge is 0.156 e. The minimum absolute atomic E-state index is 0.255. The zero-order valence-corrected chi connectivity index (χ0v) is 13.6. The Hall–Kier alpha value is -2.67. The Labute approximate surface area is 142 Å². The van der Waals surface area contributed by atoms with Gasteiger partial charge in [0.15, 0.2) is 5.78 Å². The minimum Gasteiger partial charge on any atom is -0.295 e. The van der Waals surface area contributed by atoms with Gasteiger partial charge in [-0.25, -0.2) is 0 Å². The lowest BCUT2D eigenvalue weighted by Crippen LogP contribution is -2.16. The quantitative estimate of drug-likeness (QED) is 0.629. The molecule has 1 atom stereocenters. The number of rotatable bonds is 3. The Kier molecular flexibility index (Phi) is 4.00. The van der Waals surface area contributed by atoms with E-state index in [9.17, 15) is 4.79 Å². The van der Waals surface area contributed by atoms with E-state index in [4.69, 9.17) is 0 Å². The van der Waals surface area contributed by atoms with Gasteiger partial charge < -0.3 is 0 Å². The van der Waals surface area contributed by atoms with Gasteiger partial charge in [-0.15, -0.1) is 0 Å². The normalized spacial score (nSPS) is 17.8. The molecule has 0 fully saturated rings. The van der Waals surface area contributed by atoms with Crippen LogP contribution in [0.4, 0.5) is 0 Å². The molecular weight excluding hydrogens is 292 g/mol. The fraction of sp³-hybridized carbons (Fsp3) is 0.174. The molecule has 1 nitrogen and oxygen atoms in total. The maximum atomic E-state index is 12.2. The molecule has 1 aliphatic rings. The topological polar surface area (TPSA) is 17.1 Å². The van der Waals surface area contributed by atoms with Crippen molar-refractivity contribution in [1.29, 1.82) is 0 Å². The van der Waals surface area contributed by atoms with Crippen LogP contribution in [0.5, 0.6) is 0 Å². The summed E-state index contributed by atoms with van der Waals surface area (Å²) in [6, 6.07) is 25.4. The lowest BCUT2D eigenvalue weighted by molar-refractivity contribution is -0.115. The molecule has 0 saturated carbocycles. The van der Waals surface area contributed by atoms with Gasteiger partial charge in [0, 0.05) is 6.42 Å². The van der Waals surface area contributed by atoms with Gasteiger partial charge in [-0.05, 0) is 58.4 Å². The van der Waals surface area contributed by atoms with Crippen LogP contribution in [0, 0.1) is 5.92 Å². The number of carbonyl (C=O) groups is 1. The average molecular weight is 312 g/mol. The molecule has 0 amide bonds. The number of carbonyl (C=O) groups excluding carboxylic acids is 1. The van der Waals surface area contributed by atoms with Crippen molar-refractivity contribution in [3.05, 3.63) is 90.0 Å². The van der Waals surface area contributed by atoms with Gasteiger partial charge in [0.05, 0.1) is 0 Å². The highest BCUT2D eigenvalue weighted by Crippen LogP contribution is 2.32. The first-order valence-electron chi connectivity index (χ1n) is 8.54. The van der Waals surface area contributed by atoms with E-state index in [0.717, 1.165) is 12.8 Å². The van der Waals surface area contributed by atoms with Crippen LogP contribution < -0.4 is 0 Å². The molecule has 4 rings (SSSR count). The second-order valence-electron chi connectivity index (χ2n) is 6.66. The van der Waals surface area contributed by atoms with E-state index in [1.54, 1.807) is 0 Å². The Morgan fingerprint density at radius 2 is 1.54 bits per heavy atom. The van der Waals surface area contributed by atoms with E-state index in [-0.39, 0.29) is 5.78 Å². The summed E-state index contributed by atoms with van der Waals surface area (Å²) in [6.07, 6.45) is 4.45. The Bertz CT molecular complexity index is 905. The number of hydrogen-bond acceptors (Lipinski definition) is 1. The highest BCUT2D eigenvalue weighted by atomic mass is 16.1. The van der Waals surface area contributed by atoms with Crippen molar-refractivity contribution in [3.63, 3.8) is 0 Å². The summed E-state index contributed by atoms with van der Waals surface area (Å²) in [5.41, 5.74) is 3.67. The van der Waals surface area contributed by atoms with Crippen LogP contribution in [-0.4, -0.2) is 5.78 Å². The van der Waals surface area contributed by atoms with Gasteiger partial charge in [-0.3, -0.25) is 4.79 Å². The van der Waals surface area contributed by atoms with E-state index >= 15 is 0 Å². The standard InChI is InChI=1S/C23H20O/c24-23-14-18(12-17-6-2-1-3-7-17)13-22(16-23)21-11-10-19-8-4-5-9-20(19)15-21/h1-11,15-16,18H,12-14H2. The van der Waals surface area contributed by atoms with Crippen LogP contribution >= 0.6 is 0 Å². The molecule has 0 saturated heterocycles. The van der Waals surface area contributed by atoms with E-state index in [1.807, 2.05) is 12.1 Å². The number of ketones is 1. The van der Waals surface area contributed by atoms with Gasteiger partial charge in [0.2, 0.25) is 0 Å². The summed E-state index contributed by atoms with van der Waals surface area (Å²) in [6.45, 7) is 0. The predicted octanol–water partition coefficient (Wildman–Crippen LogP) is 5.45. The minimum atomic E-state index is 0.255. The fourth-order valence-corrected chi connectivity index (χ4v) is 3.66. The van der Waals surface area contributed by atoms with Crippen LogP contribution in [0.1, 0.15) is 24.0 Å². The molecule has 0 spiro atoms. The largest absolute Gasteiger partial charge is 0.295 e. The van der Waals surface area contributed by atoms with Gasteiger partial charge in [0.1, 0.15) is 0 Å². The lowest BCUT2D eigenvalue weighted by Gasteiger charge is -2.22. The second-order valence-corrected chi connectivity index (χ2v) is 6.66. The van der Waals surface area contributed by atoms with Gasteiger partial charge in [0.25, 0.3) is 0 Å². The third kappa shape index (κ3) is 3.16. The number of allylic oxidation sites excluding steroid dienone is 2. The molecule has 0 aliphatic heterocycles. The predicted molar refractivity (Wildman–Crippen MR) is 99.8 cm³/mol. The molecule has 1 heteroatoms. The molecular formula is C23H20O. The summed E-state index contributed by atoms with van der Waals surface area (Å²) in [5.74, 6) is 0.650. The third-order valence-corrected chi connectivity index (χ3v) is 4.82. The number of fused-ring (bicyclic) bond motifs is 1. The van der Waals surface area contributed by atoms with Crippen molar-refractivity contribution in [3.8, 4) is 0 Å². The molecule has 0 heterocycles. The zero-order chi connectivity index (χ0) is 16.4. The highest BCUT2D eigenvalue weighted by molar-refractivity contribution is 5.99. The molecule has 0 bridgehead atoms. The van der Waals surface area contributed by atoms with Crippen molar-refractivity contribution in [2.24, 2.45) is 5.92 Å². The molecule has 1 aliphatic carbocycles. The highest BCUT2D eigenvalue weighted by Gasteiger charge is 2.21. The molecule has 0 radical (unpaired) electrons. The van der Waals surface area contributed by atoms with Crippen molar-refractivity contribution >= 4 is 22.1 Å². The number of hydrogen-bond donors (Lipinski definition) is 0. The van der Waals surface area contributed by atoms with Crippen molar-refractivity contribution in [1.82, 2.24) is 0 Å². The van der Waals surface area contributed by atoms with E-state index in [0.29, 0.717) is 12.3 Å². The van der Waals surface area contributed by atoms with E-state index in [2.05, 4.69) is 66.7 Å². The SMILES string of the molecule is O=C1C=C(c2ccc3ccccc3c2)CC(Cc2ccccc2)C1. The van der Waals surface area contributed by atoms with Crippen LogP contribution in [0.25, 0.3) is 16.3 Å². The van der Waals surface area contributed by atoms with Crippen LogP contribution in [-0.2, 0) is 11.2 Å². The first-order chi connectivity index (χ1) is 11.8. The average Bonchev–Trinajstić information content (AvgIpc) is 2.62. The Morgan fingerprint density at radius 1 is 0.792 bits per heavy atom. The maximum absolute atomic E-state index is 12.2. The molecule has 3 aromatic rings. The Balaban J connectivity index is 1.60. The van der Waals surface area contributed by atoms with Crippen LogP contribution in [0.2, 0.25) is 0 Å². The second kappa shape index (κ2) is 6.45. The molecule has 1 unspecified atom stereocenters. The van der Waals surface area contributed by atoms with E-state index < -0.39 is 0 Å². The molecule has 24 heavy (non-hydrogen) atoms. The third-order valence-electron chi connectivity index (χ3n) is 4.82. The summed E-state index contributed by atoms with van der Waals surface area (Å²) in [7, 11) is 0. The van der Waals surface area contributed by atoms with Crippen molar-refractivity contribution in [2.45, 2.75) is 19.3 Å². The summed E-state index contributed by atoms with van der Waals surface area (Å²) in [5, 5.41) is 2.47.